The van der Waals surface area contributed by atoms with Gasteiger partial charge < -0.3 is 5.11 Å². The Morgan fingerprint density at radius 2 is 1.76 bits per heavy atom. The van der Waals surface area contributed by atoms with Gasteiger partial charge in [-0.3, -0.25) is 9.67 Å². The summed E-state index contributed by atoms with van der Waals surface area (Å²) in [5.41, 5.74) is -3.81. The Kier molecular flexibility index (Phi) is 6.22. The largest absolute Gasteiger partial charge is 0.377 e. The lowest BCUT2D eigenvalue weighted by Gasteiger charge is -2.36. The van der Waals surface area contributed by atoms with Crippen LogP contribution in [-0.4, -0.2) is 25.1 Å². The zero-order chi connectivity index (χ0) is 24.3. The van der Waals surface area contributed by atoms with Crippen LogP contribution >= 0.6 is 0 Å². The number of nitrogens with one attached hydrogen (secondary N) is 1. The maximum atomic E-state index is 15.6. The lowest BCUT2D eigenvalue weighted by Crippen LogP contribution is -2.48. The van der Waals surface area contributed by atoms with Crippen LogP contribution in [0.5, 0.6) is 0 Å². The van der Waals surface area contributed by atoms with E-state index >= 15 is 8.78 Å². The second-order valence-electron chi connectivity index (χ2n) is 7.57. The third kappa shape index (κ3) is 4.56. The molecular weight excluding hydrogens is 455 g/mol. The van der Waals surface area contributed by atoms with E-state index in [0.717, 1.165) is 35.4 Å². The fourth-order valence-corrected chi connectivity index (χ4v) is 3.40. The minimum atomic E-state index is -4.09. The van der Waals surface area contributed by atoms with Gasteiger partial charge in [0.15, 0.2) is 5.60 Å². The molecule has 4 aromatic rings. The van der Waals surface area contributed by atoms with Gasteiger partial charge in [-0.15, -0.1) is 5.10 Å². The van der Waals surface area contributed by atoms with E-state index in [1.807, 2.05) is 0 Å². The molecule has 34 heavy (non-hydrogen) atoms. The Balaban J connectivity index is 1.63. The monoisotopic (exact) mass is 472 g/mol. The SMILES string of the molecule is OC(Cn1cn[nH]1)(c1ccc(F)cc1F)C(F)(F)c1ccc(C#CCc2cccc(F)c2)cn1. The van der Waals surface area contributed by atoms with Crippen LogP contribution in [0.15, 0.2) is 67.1 Å². The van der Waals surface area contributed by atoms with Crippen molar-refractivity contribution in [3.63, 3.8) is 0 Å². The molecule has 0 fully saturated rings. The number of halogens is 5. The third-order valence-electron chi connectivity index (χ3n) is 5.18. The molecule has 1 atom stereocenters. The van der Waals surface area contributed by atoms with Crippen LogP contribution in [-0.2, 0) is 24.5 Å². The summed E-state index contributed by atoms with van der Waals surface area (Å²) in [5.74, 6) is -1.24. The molecule has 2 aromatic carbocycles. The molecule has 0 bridgehead atoms. The number of hydrogen-bond donors (Lipinski definition) is 2. The number of pyridine rings is 1. The van der Waals surface area contributed by atoms with E-state index in [0.29, 0.717) is 17.2 Å². The normalized spacial score (nSPS) is 13.2. The van der Waals surface area contributed by atoms with Crippen molar-refractivity contribution in [2.24, 2.45) is 0 Å². The molecule has 5 nitrogen and oxygen atoms in total. The van der Waals surface area contributed by atoms with E-state index in [1.165, 1.54) is 18.2 Å². The first kappa shape index (κ1) is 23.2. The van der Waals surface area contributed by atoms with E-state index in [2.05, 4.69) is 27.1 Å². The summed E-state index contributed by atoms with van der Waals surface area (Å²) in [7, 11) is 0. The van der Waals surface area contributed by atoms with Crippen LogP contribution in [0.2, 0.25) is 0 Å². The van der Waals surface area contributed by atoms with Crippen LogP contribution in [0.3, 0.4) is 0 Å². The van der Waals surface area contributed by atoms with E-state index < -0.39 is 46.8 Å². The predicted octanol–water partition coefficient (Wildman–Crippen LogP) is 4.30. The highest BCUT2D eigenvalue weighted by molar-refractivity contribution is 5.37. The maximum absolute atomic E-state index is 15.6. The van der Waals surface area contributed by atoms with E-state index in [-0.39, 0.29) is 6.42 Å². The molecule has 4 rings (SSSR count). The van der Waals surface area contributed by atoms with Gasteiger partial charge in [-0.1, -0.05) is 24.0 Å². The molecule has 0 radical (unpaired) electrons. The number of aromatic nitrogens is 4. The quantitative estimate of drug-likeness (QED) is 0.325. The first-order valence-corrected chi connectivity index (χ1v) is 10.00. The number of rotatable bonds is 6. The van der Waals surface area contributed by atoms with Gasteiger partial charge in [0.1, 0.15) is 29.5 Å². The molecule has 174 valence electrons. The molecule has 0 saturated heterocycles. The molecule has 10 heteroatoms. The summed E-state index contributed by atoms with van der Waals surface area (Å²) in [6.07, 6.45) is 2.46. The van der Waals surface area contributed by atoms with Crippen molar-refractivity contribution < 1.29 is 27.1 Å². The van der Waals surface area contributed by atoms with Crippen LogP contribution < -0.4 is 0 Å². The lowest BCUT2D eigenvalue weighted by atomic mass is 9.84. The molecule has 0 aliphatic heterocycles. The van der Waals surface area contributed by atoms with Crippen molar-refractivity contribution in [3.8, 4) is 11.8 Å². The Labute approximate surface area is 190 Å². The Morgan fingerprint density at radius 1 is 1.00 bits per heavy atom. The molecule has 2 heterocycles. The van der Waals surface area contributed by atoms with Crippen LogP contribution in [0.4, 0.5) is 22.0 Å². The molecular formula is C24H17F5N4O. The number of aromatic amines is 1. The van der Waals surface area contributed by atoms with Crippen LogP contribution in [0, 0.1) is 29.3 Å². The smallest absolute Gasteiger partial charge is 0.323 e. The molecule has 0 amide bonds. The number of aliphatic hydroxyl groups is 1. The Hall–Kier alpha value is -3.97. The molecule has 0 aliphatic rings. The standard InChI is InChI=1S/C24H17F5N4O/c25-18-6-2-4-16(11-18)3-1-5-17-7-10-22(30-13-17)24(28,29)23(34,14-33-15-31-32-33)20-9-8-19(26)12-21(20)27/h2,4,6-13,15,32,34H,3,14H2. The van der Waals surface area contributed by atoms with E-state index in [1.54, 1.807) is 12.1 Å². The van der Waals surface area contributed by atoms with Crippen molar-refractivity contribution in [3.05, 3.63) is 107 Å². The number of benzene rings is 2. The Morgan fingerprint density at radius 3 is 2.38 bits per heavy atom. The topological polar surface area (TPSA) is 66.7 Å². The van der Waals surface area contributed by atoms with Gasteiger partial charge in [0.2, 0.25) is 0 Å². The highest BCUT2D eigenvalue weighted by Gasteiger charge is 2.57. The highest BCUT2D eigenvalue weighted by Crippen LogP contribution is 2.46. The van der Waals surface area contributed by atoms with Crippen molar-refractivity contribution in [1.29, 1.82) is 0 Å². The average molecular weight is 472 g/mol. The van der Waals surface area contributed by atoms with Crippen molar-refractivity contribution in [2.45, 2.75) is 24.5 Å². The summed E-state index contributed by atoms with van der Waals surface area (Å²) in [5, 5.41) is 16.9. The Bertz CT molecular complexity index is 1340. The first-order chi connectivity index (χ1) is 16.2. The predicted molar refractivity (Wildman–Crippen MR) is 112 cm³/mol. The number of H-pyrrole nitrogens is 1. The molecule has 0 aliphatic carbocycles. The molecule has 0 spiro atoms. The lowest BCUT2D eigenvalue weighted by molar-refractivity contribution is -0.208. The van der Waals surface area contributed by atoms with Gasteiger partial charge in [0.05, 0.1) is 6.54 Å². The second-order valence-corrected chi connectivity index (χ2v) is 7.57. The number of nitrogens with zero attached hydrogens (tertiary/aromatic N) is 3. The van der Waals surface area contributed by atoms with Crippen LogP contribution in [0.1, 0.15) is 22.4 Å². The zero-order valence-electron chi connectivity index (χ0n) is 17.4. The van der Waals surface area contributed by atoms with E-state index in [9.17, 15) is 18.3 Å². The van der Waals surface area contributed by atoms with Gasteiger partial charge in [-0.05, 0) is 42.0 Å². The summed E-state index contributed by atoms with van der Waals surface area (Å²) in [4.78, 5) is 3.74. The molecule has 0 saturated carbocycles. The zero-order valence-corrected chi connectivity index (χ0v) is 17.4. The minimum Gasteiger partial charge on any atom is -0.377 e. The average Bonchev–Trinajstić information content (AvgIpc) is 2.76. The van der Waals surface area contributed by atoms with Gasteiger partial charge in [-0.2, -0.15) is 8.78 Å². The number of alkyl halides is 2. The molecule has 2 aromatic heterocycles. The van der Waals surface area contributed by atoms with E-state index in [4.69, 9.17) is 0 Å². The summed E-state index contributed by atoms with van der Waals surface area (Å²) in [6, 6.07) is 10.1. The highest BCUT2D eigenvalue weighted by atomic mass is 19.3. The van der Waals surface area contributed by atoms with Crippen molar-refractivity contribution >= 4 is 0 Å². The van der Waals surface area contributed by atoms with Gasteiger partial charge in [-0.25, -0.2) is 18.4 Å². The fourth-order valence-electron chi connectivity index (χ4n) is 3.40. The van der Waals surface area contributed by atoms with Gasteiger partial charge in [0.25, 0.3) is 0 Å². The van der Waals surface area contributed by atoms with Gasteiger partial charge in [0, 0.05) is 29.8 Å². The molecule has 2 N–H and O–H groups in total. The summed E-state index contributed by atoms with van der Waals surface area (Å²) in [6.45, 7) is -0.803. The maximum Gasteiger partial charge on any atom is 0.323 e. The summed E-state index contributed by atoms with van der Waals surface area (Å²) < 4.78 is 73.3. The molecule has 1 unspecified atom stereocenters. The van der Waals surface area contributed by atoms with Crippen molar-refractivity contribution in [1.82, 2.24) is 20.0 Å². The number of hydrogen-bond acceptors (Lipinski definition) is 3. The third-order valence-corrected chi connectivity index (χ3v) is 5.18. The van der Waals surface area contributed by atoms with Gasteiger partial charge >= 0.3 is 5.92 Å². The minimum absolute atomic E-state index is 0.240. The second kappa shape index (κ2) is 9.11. The summed E-state index contributed by atoms with van der Waals surface area (Å²) >= 11 is 0. The van der Waals surface area contributed by atoms with Crippen LogP contribution in [0.25, 0.3) is 0 Å². The van der Waals surface area contributed by atoms with Crippen molar-refractivity contribution in [2.75, 3.05) is 0 Å². The first-order valence-electron chi connectivity index (χ1n) is 10.00. The fraction of sp³-hybridized carbons (Fsp3) is 0.167.